The second-order valence-corrected chi connectivity index (χ2v) is 13.0. The van der Waals surface area contributed by atoms with Gasteiger partial charge in [-0.2, -0.15) is 8.42 Å². The summed E-state index contributed by atoms with van der Waals surface area (Å²) < 4.78 is 71.0. The fourth-order valence-electron chi connectivity index (χ4n) is 4.74. The van der Waals surface area contributed by atoms with Crippen LogP contribution < -0.4 is 4.18 Å². The molecule has 37 heavy (non-hydrogen) atoms. The minimum absolute atomic E-state index is 0.00375. The predicted octanol–water partition coefficient (Wildman–Crippen LogP) is 7.04. The maximum atomic E-state index is 14.1. The van der Waals surface area contributed by atoms with Gasteiger partial charge in [-0.3, -0.25) is 0 Å². The van der Waals surface area contributed by atoms with Gasteiger partial charge >= 0.3 is 10.1 Å². The topological polar surface area (TPSA) is 101 Å². The Balaban J connectivity index is 2.08. The second kappa shape index (κ2) is 9.74. The fourth-order valence-corrected chi connectivity index (χ4v) is 7.28. The highest BCUT2D eigenvalue weighted by atomic mass is 32.2. The minimum atomic E-state index is -4.87. The molecule has 0 spiro atoms. The Kier molecular flexibility index (Phi) is 7.14. The fraction of sp³-hybridized carbons (Fsp3) is 0.310. The summed E-state index contributed by atoms with van der Waals surface area (Å²) in [5, 5.41) is 0.694. The van der Waals surface area contributed by atoms with E-state index in [0.717, 1.165) is 5.56 Å². The van der Waals surface area contributed by atoms with Crippen molar-refractivity contribution in [1.82, 2.24) is 0 Å². The lowest BCUT2D eigenvalue weighted by Gasteiger charge is -2.23. The van der Waals surface area contributed by atoms with Gasteiger partial charge in [-0.1, -0.05) is 102 Å². The summed E-state index contributed by atoms with van der Waals surface area (Å²) in [7, 11) is -9.24. The first-order chi connectivity index (χ1) is 17.2. The molecule has 0 saturated heterocycles. The van der Waals surface area contributed by atoms with E-state index in [0.29, 0.717) is 11.1 Å². The van der Waals surface area contributed by atoms with Gasteiger partial charge in [-0.05, 0) is 34.4 Å². The van der Waals surface area contributed by atoms with E-state index in [2.05, 4.69) is 13.8 Å². The molecule has 0 aromatic heterocycles. The van der Waals surface area contributed by atoms with Crippen LogP contribution in [-0.4, -0.2) is 21.4 Å². The lowest BCUT2D eigenvalue weighted by atomic mass is 9.89. The Bertz CT molecular complexity index is 1630. The van der Waals surface area contributed by atoms with E-state index in [9.17, 15) is 21.4 Å². The molecule has 8 heteroatoms. The molecule has 4 rings (SSSR count). The first kappa shape index (κ1) is 27.1. The monoisotopic (exact) mass is 539 g/mol. The summed E-state index contributed by atoms with van der Waals surface area (Å²) in [6.45, 7) is 11.9. The van der Waals surface area contributed by atoms with E-state index in [1.54, 1.807) is 36.4 Å². The van der Waals surface area contributed by atoms with Crippen LogP contribution in [0.4, 0.5) is 0 Å². The molecule has 0 atom stereocenters. The van der Waals surface area contributed by atoms with Gasteiger partial charge in [0, 0.05) is 21.5 Å². The van der Waals surface area contributed by atoms with Gasteiger partial charge in [0.25, 0.3) is 0 Å². The standard InChI is InChI=1S/C29H32O6S2/c1-17(2)20-15-25(18(3)4)29(26(16-20)19(5)6)37(33,34)35-27-21-11-7-9-13-23(21)28(36(30,31)32)24-14-10-8-12-22(24)27/h7-19H,1-6H3,(H,30,31,32)/p-1. The number of fused-ring (bicyclic) bond motifs is 2. The van der Waals surface area contributed by atoms with Crippen LogP contribution in [0.5, 0.6) is 5.75 Å². The van der Waals surface area contributed by atoms with Crippen LogP contribution in [0.1, 0.15) is 76.0 Å². The van der Waals surface area contributed by atoms with Crippen LogP contribution >= 0.6 is 0 Å². The SMILES string of the molecule is CC(C)c1cc(C(C)C)c(S(=O)(=O)Oc2c3ccccc3c(S(=O)(=O)[O-])c3ccccc23)c(C(C)C)c1. The molecule has 0 aliphatic carbocycles. The third-order valence-electron chi connectivity index (χ3n) is 6.61. The Hall–Kier alpha value is -2.94. The predicted molar refractivity (Wildman–Crippen MR) is 146 cm³/mol. The average molecular weight is 540 g/mol. The van der Waals surface area contributed by atoms with Gasteiger partial charge in [0.15, 0.2) is 5.75 Å². The summed E-state index contributed by atoms with van der Waals surface area (Å²) in [5.41, 5.74) is 2.39. The maximum absolute atomic E-state index is 14.1. The molecular formula is C29H31O6S2-. The van der Waals surface area contributed by atoms with Crippen molar-refractivity contribution >= 4 is 41.8 Å². The molecule has 0 N–H and O–H groups in total. The lowest BCUT2D eigenvalue weighted by molar-refractivity contribution is 0.465. The molecule has 0 fully saturated rings. The van der Waals surface area contributed by atoms with E-state index in [-0.39, 0.29) is 49.9 Å². The van der Waals surface area contributed by atoms with Crippen molar-refractivity contribution in [1.29, 1.82) is 0 Å². The van der Waals surface area contributed by atoms with Crippen molar-refractivity contribution in [3.05, 3.63) is 77.4 Å². The zero-order valence-corrected chi connectivity index (χ0v) is 23.4. The summed E-state index contributed by atoms with van der Waals surface area (Å²) in [6, 6.07) is 16.5. The molecule has 0 unspecified atom stereocenters. The van der Waals surface area contributed by atoms with E-state index < -0.39 is 25.1 Å². The van der Waals surface area contributed by atoms with Gasteiger partial charge in [-0.25, -0.2) is 8.42 Å². The molecule has 4 aromatic rings. The number of hydrogen-bond donors (Lipinski definition) is 0. The Morgan fingerprint density at radius 1 is 0.622 bits per heavy atom. The molecule has 196 valence electrons. The highest BCUT2D eigenvalue weighted by Gasteiger charge is 2.30. The highest BCUT2D eigenvalue weighted by Crippen LogP contribution is 2.43. The van der Waals surface area contributed by atoms with Crippen LogP contribution in [-0.2, 0) is 20.2 Å². The van der Waals surface area contributed by atoms with Gasteiger partial charge in [-0.15, -0.1) is 0 Å². The molecule has 0 radical (unpaired) electrons. The summed E-state index contributed by atoms with van der Waals surface area (Å²) in [4.78, 5) is -0.258. The summed E-state index contributed by atoms with van der Waals surface area (Å²) in [6.07, 6.45) is 0. The highest BCUT2D eigenvalue weighted by molar-refractivity contribution is 7.87. The number of rotatable bonds is 7. The largest absolute Gasteiger partial charge is 0.744 e. The van der Waals surface area contributed by atoms with Gasteiger partial charge in [0.05, 0.1) is 4.90 Å². The van der Waals surface area contributed by atoms with Gasteiger partial charge in [0.1, 0.15) is 15.0 Å². The van der Waals surface area contributed by atoms with Crippen LogP contribution in [0.2, 0.25) is 0 Å². The molecule has 0 saturated carbocycles. The Morgan fingerprint density at radius 2 is 1.03 bits per heavy atom. The average Bonchev–Trinajstić information content (AvgIpc) is 2.82. The van der Waals surface area contributed by atoms with Crippen molar-refractivity contribution in [2.24, 2.45) is 0 Å². The molecule has 6 nitrogen and oxygen atoms in total. The lowest BCUT2D eigenvalue weighted by Crippen LogP contribution is -2.18. The second-order valence-electron chi connectivity index (χ2n) is 10.2. The zero-order valence-electron chi connectivity index (χ0n) is 21.8. The van der Waals surface area contributed by atoms with Crippen molar-refractivity contribution in [3.8, 4) is 5.75 Å². The van der Waals surface area contributed by atoms with Crippen molar-refractivity contribution in [2.75, 3.05) is 0 Å². The summed E-state index contributed by atoms with van der Waals surface area (Å²) in [5.74, 6) is 0.0233. The number of hydrogen-bond acceptors (Lipinski definition) is 6. The maximum Gasteiger partial charge on any atom is 0.339 e. The first-order valence-corrected chi connectivity index (χ1v) is 15.1. The molecule has 0 bridgehead atoms. The third kappa shape index (κ3) is 4.98. The Labute approximate surface area is 219 Å². The van der Waals surface area contributed by atoms with Gasteiger partial charge < -0.3 is 8.74 Å². The summed E-state index contributed by atoms with van der Waals surface area (Å²) >= 11 is 0. The van der Waals surface area contributed by atoms with E-state index in [4.69, 9.17) is 4.18 Å². The van der Waals surface area contributed by atoms with E-state index in [1.165, 1.54) is 12.1 Å². The van der Waals surface area contributed by atoms with Crippen molar-refractivity contribution in [2.45, 2.75) is 69.1 Å². The zero-order chi connectivity index (χ0) is 27.3. The van der Waals surface area contributed by atoms with Crippen molar-refractivity contribution < 1.29 is 25.6 Å². The number of benzene rings is 4. The smallest absolute Gasteiger partial charge is 0.339 e. The van der Waals surface area contributed by atoms with Crippen LogP contribution in [0.3, 0.4) is 0 Å². The first-order valence-electron chi connectivity index (χ1n) is 12.3. The molecule has 4 aromatic carbocycles. The van der Waals surface area contributed by atoms with Crippen LogP contribution in [0.25, 0.3) is 21.5 Å². The van der Waals surface area contributed by atoms with Crippen LogP contribution in [0.15, 0.2) is 70.5 Å². The van der Waals surface area contributed by atoms with E-state index >= 15 is 0 Å². The normalized spacial score (nSPS) is 12.8. The quantitative estimate of drug-likeness (QED) is 0.142. The third-order valence-corrected chi connectivity index (χ3v) is 8.90. The van der Waals surface area contributed by atoms with Gasteiger partial charge in [0.2, 0.25) is 0 Å². The molecule has 0 aliphatic rings. The molecule has 0 amide bonds. The van der Waals surface area contributed by atoms with Crippen molar-refractivity contribution in [3.63, 3.8) is 0 Å². The Morgan fingerprint density at radius 3 is 1.38 bits per heavy atom. The van der Waals surface area contributed by atoms with E-state index in [1.807, 2.05) is 39.8 Å². The molecule has 0 heterocycles. The molecular weight excluding hydrogens is 508 g/mol. The molecule has 0 aliphatic heterocycles. The minimum Gasteiger partial charge on any atom is -0.744 e. The van der Waals surface area contributed by atoms with Crippen LogP contribution in [0, 0.1) is 0 Å².